The predicted octanol–water partition coefficient (Wildman–Crippen LogP) is 5.14. The van der Waals surface area contributed by atoms with Crippen molar-refractivity contribution >= 4 is 11.6 Å². The Balaban J connectivity index is 1.27. The van der Waals surface area contributed by atoms with Crippen LogP contribution in [0.2, 0.25) is 0 Å². The van der Waals surface area contributed by atoms with E-state index >= 15 is 0 Å². The summed E-state index contributed by atoms with van der Waals surface area (Å²) in [5.74, 6) is 0.520. The summed E-state index contributed by atoms with van der Waals surface area (Å²) in [6.45, 7) is 2.39. The van der Waals surface area contributed by atoms with E-state index in [9.17, 15) is 4.79 Å². The van der Waals surface area contributed by atoms with Crippen molar-refractivity contribution in [1.82, 2.24) is 19.7 Å². The molecule has 34 heavy (non-hydrogen) atoms. The van der Waals surface area contributed by atoms with Gasteiger partial charge in [-0.2, -0.15) is 0 Å². The Labute approximate surface area is 197 Å². The van der Waals surface area contributed by atoms with Crippen molar-refractivity contribution < 1.29 is 9.53 Å². The second-order valence-corrected chi connectivity index (χ2v) is 8.07. The number of aromatic nitrogens is 3. The van der Waals surface area contributed by atoms with Gasteiger partial charge in [0, 0.05) is 30.4 Å². The summed E-state index contributed by atoms with van der Waals surface area (Å²) in [5.41, 5.74) is 5.42. The Morgan fingerprint density at radius 2 is 1.68 bits per heavy atom. The van der Waals surface area contributed by atoms with Crippen LogP contribution in [0, 0.1) is 6.92 Å². The van der Waals surface area contributed by atoms with Crippen molar-refractivity contribution in [2.24, 2.45) is 0 Å². The van der Waals surface area contributed by atoms with E-state index in [1.165, 1.54) is 0 Å². The number of carbonyl (C=O) groups is 1. The maximum absolute atomic E-state index is 13.0. The van der Waals surface area contributed by atoms with E-state index < -0.39 is 0 Å². The fourth-order valence-electron chi connectivity index (χ4n) is 3.91. The fraction of sp³-hybridized carbons (Fsp3) is 0.107. The molecule has 0 bridgehead atoms. The zero-order chi connectivity index (χ0) is 23.3. The maximum atomic E-state index is 13.0. The molecule has 1 unspecified atom stereocenters. The van der Waals surface area contributed by atoms with Gasteiger partial charge in [0.05, 0.1) is 11.7 Å². The van der Waals surface area contributed by atoms with E-state index in [1.54, 1.807) is 36.7 Å². The number of fused-ring (bicyclic) bond motifs is 1. The minimum absolute atomic E-state index is 0.159. The van der Waals surface area contributed by atoms with Crippen LogP contribution in [-0.2, 0) is 6.61 Å². The summed E-state index contributed by atoms with van der Waals surface area (Å²) in [7, 11) is 0. The summed E-state index contributed by atoms with van der Waals surface area (Å²) >= 11 is 0. The van der Waals surface area contributed by atoms with Gasteiger partial charge in [-0.15, -0.1) is 0 Å². The van der Waals surface area contributed by atoms with Gasteiger partial charge < -0.3 is 14.5 Å². The third kappa shape index (κ3) is 4.66. The molecule has 3 aromatic heterocycles. The average molecular weight is 449 g/mol. The van der Waals surface area contributed by atoms with E-state index in [1.807, 2.05) is 78.3 Å². The van der Waals surface area contributed by atoms with Gasteiger partial charge in [-0.25, -0.2) is 4.98 Å². The van der Waals surface area contributed by atoms with Gasteiger partial charge in [0.15, 0.2) is 0 Å². The zero-order valence-electron chi connectivity index (χ0n) is 18.8. The van der Waals surface area contributed by atoms with Crippen molar-refractivity contribution in [3.05, 3.63) is 132 Å². The van der Waals surface area contributed by atoms with Gasteiger partial charge in [0.25, 0.3) is 5.91 Å². The van der Waals surface area contributed by atoms with Gasteiger partial charge in [0.1, 0.15) is 18.0 Å². The highest BCUT2D eigenvalue weighted by atomic mass is 16.5. The first-order valence-electron chi connectivity index (χ1n) is 11.1. The molecule has 1 N–H and O–H groups in total. The Hall–Kier alpha value is -4.45. The van der Waals surface area contributed by atoms with E-state index in [4.69, 9.17) is 4.74 Å². The molecule has 6 heteroatoms. The molecule has 1 amide bonds. The smallest absolute Gasteiger partial charge is 0.252 e. The van der Waals surface area contributed by atoms with Gasteiger partial charge >= 0.3 is 0 Å². The van der Waals surface area contributed by atoms with Crippen molar-refractivity contribution in [2.75, 3.05) is 0 Å². The largest absolute Gasteiger partial charge is 0.487 e. The molecule has 0 spiro atoms. The molecule has 0 aliphatic carbocycles. The number of pyridine rings is 2. The Bertz CT molecular complexity index is 1360. The third-order valence-electron chi connectivity index (χ3n) is 5.68. The Morgan fingerprint density at radius 3 is 2.41 bits per heavy atom. The minimum atomic E-state index is -0.272. The molecule has 168 valence electrons. The number of nitrogens with zero attached hydrogens (tertiary/aromatic N) is 3. The molecule has 5 aromatic rings. The highest BCUT2D eigenvalue weighted by Crippen LogP contribution is 2.22. The first-order valence-corrected chi connectivity index (χ1v) is 11.1. The number of nitrogens with one attached hydrogen (secondary N) is 1. The molecule has 0 fully saturated rings. The van der Waals surface area contributed by atoms with Crippen LogP contribution >= 0.6 is 0 Å². The lowest BCUT2D eigenvalue weighted by Gasteiger charge is -2.20. The number of aryl methyl sites for hydroxylation is 1. The second kappa shape index (κ2) is 9.58. The molecular weight excluding hydrogens is 424 g/mol. The van der Waals surface area contributed by atoms with Crippen molar-refractivity contribution in [2.45, 2.75) is 19.6 Å². The molecular formula is C28H24N4O2. The molecule has 6 nitrogen and oxygen atoms in total. The topological polar surface area (TPSA) is 68.5 Å². The van der Waals surface area contributed by atoms with Crippen LogP contribution in [0.1, 0.15) is 38.8 Å². The van der Waals surface area contributed by atoms with Crippen molar-refractivity contribution in [1.29, 1.82) is 0 Å². The summed E-state index contributed by atoms with van der Waals surface area (Å²) in [4.78, 5) is 21.8. The summed E-state index contributed by atoms with van der Waals surface area (Å²) < 4.78 is 7.89. The number of ether oxygens (including phenoxy) is 1. The molecule has 2 aromatic carbocycles. The Kier molecular flexibility index (Phi) is 6.03. The Morgan fingerprint density at radius 1 is 0.941 bits per heavy atom. The molecule has 3 heterocycles. The zero-order valence-corrected chi connectivity index (χ0v) is 18.8. The van der Waals surface area contributed by atoms with Crippen molar-refractivity contribution in [3.63, 3.8) is 0 Å². The van der Waals surface area contributed by atoms with E-state index in [-0.39, 0.29) is 11.9 Å². The van der Waals surface area contributed by atoms with E-state index in [2.05, 4.69) is 15.3 Å². The molecule has 5 rings (SSSR count). The van der Waals surface area contributed by atoms with Crippen LogP contribution in [0.4, 0.5) is 0 Å². The lowest BCUT2D eigenvalue weighted by atomic mass is 9.99. The lowest BCUT2D eigenvalue weighted by Crippen LogP contribution is -2.29. The van der Waals surface area contributed by atoms with Gasteiger partial charge in [-0.05, 0) is 66.1 Å². The van der Waals surface area contributed by atoms with Crippen LogP contribution in [0.15, 0.2) is 104 Å². The first kappa shape index (κ1) is 21.4. The molecule has 0 radical (unpaired) electrons. The SMILES string of the molecule is Cc1cccn2cc(COc3ccc(C(=O)NC(c4ccccc4)c4ccncc4)cc3)nc12. The quantitative estimate of drug-likeness (QED) is 0.375. The van der Waals surface area contributed by atoms with Crippen LogP contribution < -0.4 is 10.1 Å². The summed E-state index contributed by atoms with van der Waals surface area (Å²) in [6.07, 6.45) is 7.40. The molecule has 0 saturated heterocycles. The number of amides is 1. The van der Waals surface area contributed by atoms with E-state index in [0.29, 0.717) is 17.9 Å². The second-order valence-electron chi connectivity index (χ2n) is 8.07. The molecule has 0 aliphatic heterocycles. The van der Waals surface area contributed by atoms with Crippen LogP contribution in [0.5, 0.6) is 5.75 Å². The number of hydrogen-bond donors (Lipinski definition) is 1. The lowest BCUT2D eigenvalue weighted by molar-refractivity contribution is 0.0943. The molecule has 0 aliphatic rings. The first-order chi connectivity index (χ1) is 16.7. The fourth-order valence-corrected chi connectivity index (χ4v) is 3.91. The van der Waals surface area contributed by atoms with Crippen molar-refractivity contribution in [3.8, 4) is 5.75 Å². The maximum Gasteiger partial charge on any atom is 0.252 e. The monoisotopic (exact) mass is 448 g/mol. The third-order valence-corrected chi connectivity index (χ3v) is 5.68. The predicted molar refractivity (Wildman–Crippen MR) is 131 cm³/mol. The van der Waals surface area contributed by atoms with Gasteiger partial charge in [-0.1, -0.05) is 36.4 Å². The highest BCUT2D eigenvalue weighted by molar-refractivity contribution is 5.94. The number of carbonyl (C=O) groups excluding carboxylic acids is 1. The van der Waals surface area contributed by atoms with E-state index in [0.717, 1.165) is 28.0 Å². The van der Waals surface area contributed by atoms with Crippen LogP contribution in [-0.4, -0.2) is 20.3 Å². The molecule has 0 saturated carbocycles. The number of rotatable bonds is 7. The van der Waals surface area contributed by atoms with Gasteiger partial charge in [0.2, 0.25) is 0 Å². The number of hydrogen-bond acceptors (Lipinski definition) is 4. The summed E-state index contributed by atoms with van der Waals surface area (Å²) in [6, 6.07) is 24.6. The van der Waals surface area contributed by atoms with Gasteiger partial charge in [-0.3, -0.25) is 9.78 Å². The summed E-state index contributed by atoms with van der Waals surface area (Å²) in [5, 5.41) is 3.14. The highest BCUT2D eigenvalue weighted by Gasteiger charge is 2.18. The number of imidazole rings is 1. The standard InChI is InChI=1S/C28H24N4O2/c1-20-6-5-17-32-18-24(30-27(20)32)19-34-25-11-9-23(10-12-25)28(33)31-26(21-7-3-2-4-8-21)22-13-15-29-16-14-22/h2-18,26H,19H2,1H3,(H,31,33). The normalized spacial score (nSPS) is 11.8. The van der Waals surface area contributed by atoms with Crippen LogP contribution in [0.3, 0.4) is 0 Å². The minimum Gasteiger partial charge on any atom is -0.487 e. The van der Waals surface area contributed by atoms with Crippen LogP contribution in [0.25, 0.3) is 5.65 Å². The average Bonchev–Trinajstić information content (AvgIpc) is 3.32. The number of benzene rings is 2. The molecule has 1 atom stereocenters.